The first-order valence-corrected chi connectivity index (χ1v) is 6.60. The highest BCUT2D eigenvalue weighted by molar-refractivity contribution is 7.99. The van der Waals surface area contributed by atoms with Gasteiger partial charge >= 0.3 is 0 Å². The Bertz CT molecular complexity index is 549. The van der Waals surface area contributed by atoms with Gasteiger partial charge in [0, 0.05) is 10.6 Å². The first-order chi connectivity index (χ1) is 8.60. The van der Waals surface area contributed by atoms with E-state index in [9.17, 15) is 0 Å². The fraction of sp³-hybridized carbons (Fsp3) is 0.200. The number of hydrogen-bond acceptors (Lipinski definition) is 3. The van der Waals surface area contributed by atoms with Crippen LogP contribution < -0.4 is 10.5 Å². The number of methoxy groups -OCH3 is 1. The van der Waals surface area contributed by atoms with E-state index in [2.05, 4.69) is 26.0 Å². The predicted molar refractivity (Wildman–Crippen MR) is 77.4 cm³/mol. The van der Waals surface area contributed by atoms with Gasteiger partial charge in [-0.2, -0.15) is 0 Å². The van der Waals surface area contributed by atoms with E-state index in [1.807, 2.05) is 24.3 Å². The molecule has 0 heterocycles. The van der Waals surface area contributed by atoms with Gasteiger partial charge in [0.05, 0.1) is 12.0 Å². The highest BCUT2D eigenvalue weighted by Crippen LogP contribution is 2.36. The Morgan fingerprint density at radius 3 is 2.22 bits per heavy atom. The van der Waals surface area contributed by atoms with Crippen LogP contribution in [0.3, 0.4) is 0 Å². The highest BCUT2D eigenvalue weighted by Gasteiger charge is 2.07. The zero-order valence-electron chi connectivity index (χ0n) is 10.9. The Balaban J connectivity index is 2.33. The highest BCUT2D eigenvalue weighted by atomic mass is 32.2. The van der Waals surface area contributed by atoms with Crippen LogP contribution in [0.4, 0.5) is 5.69 Å². The third-order valence-corrected chi connectivity index (χ3v) is 3.93. The Hall–Kier alpha value is -1.61. The summed E-state index contributed by atoms with van der Waals surface area (Å²) < 4.78 is 5.43. The van der Waals surface area contributed by atoms with Crippen LogP contribution in [0.15, 0.2) is 46.2 Å². The number of ether oxygens (including phenoxy) is 1. The van der Waals surface area contributed by atoms with Crippen LogP contribution in [0, 0.1) is 13.8 Å². The van der Waals surface area contributed by atoms with E-state index in [4.69, 9.17) is 10.5 Å². The molecule has 2 rings (SSSR count). The molecule has 0 unspecified atom stereocenters. The molecule has 2 aromatic rings. The van der Waals surface area contributed by atoms with Gasteiger partial charge in [0.1, 0.15) is 5.75 Å². The minimum atomic E-state index is 0.784. The summed E-state index contributed by atoms with van der Waals surface area (Å²) in [5.41, 5.74) is 8.99. The summed E-state index contributed by atoms with van der Waals surface area (Å²) in [7, 11) is 1.71. The van der Waals surface area contributed by atoms with Gasteiger partial charge in [-0.1, -0.05) is 11.8 Å². The minimum absolute atomic E-state index is 0.784. The van der Waals surface area contributed by atoms with Gasteiger partial charge in [0.15, 0.2) is 0 Å². The standard InChI is InChI=1S/C15H17NOS/c1-10-8-14(17-3)15(9-11(10)2)18-13-6-4-12(16)5-7-13/h4-9H,16H2,1-3H3. The fourth-order valence-electron chi connectivity index (χ4n) is 1.67. The largest absolute Gasteiger partial charge is 0.496 e. The van der Waals surface area contributed by atoms with Crippen molar-refractivity contribution in [2.45, 2.75) is 23.6 Å². The lowest BCUT2D eigenvalue weighted by Crippen LogP contribution is -1.90. The maximum Gasteiger partial charge on any atom is 0.133 e. The molecule has 0 aliphatic carbocycles. The lowest BCUT2D eigenvalue weighted by molar-refractivity contribution is 0.404. The molecule has 18 heavy (non-hydrogen) atoms. The third-order valence-electron chi connectivity index (χ3n) is 2.89. The molecule has 2 N–H and O–H groups in total. The van der Waals surface area contributed by atoms with Crippen LogP contribution in [-0.4, -0.2) is 7.11 Å². The molecule has 0 aliphatic heterocycles. The molecule has 0 spiro atoms. The average Bonchev–Trinajstić information content (AvgIpc) is 2.36. The quantitative estimate of drug-likeness (QED) is 0.845. The van der Waals surface area contributed by atoms with Gasteiger partial charge in [0.25, 0.3) is 0 Å². The molecule has 2 nitrogen and oxygen atoms in total. The Labute approximate surface area is 112 Å². The molecular formula is C15H17NOS. The van der Waals surface area contributed by atoms with Crippen LogP contribution in [-0.2, 0) is 0 Å². The summed E-state index contributed by atoms with van der Waals surface area (Å²) >= 11 is 1.69. The molecule has 0 aliphatic rings. The van der Waals surface area contributed by atoms with E-state index in [0.717, 1.165) is 21.2 Å². The summed E-state index contributed by atoms with van der Waals surface area (Å²) in [4.78, 5) is 2.29. The van der Waals surface area contributed by atoms with Crippen molar-refractivity contribution in [1.82, 2.24) is 0 Å². The maximum atomic E-state index is 5.69. The Morgan fingerprint density at radius 1 is 1.00 bits per heavy atom. The topological polar surface area (TPSA) is 35.2 Å². The molecule has 2 aromatic carbocycles. The second-order valence-electron chi connectivity index (χ2n) is 4.26. The summed E-state index contributed by atoms with van der Waals surface area (Å²) in [6, 6.07) is 12.1. The smallest absolute Gasteiger partial charge is 0.133 e. The summed E-state index contributed by atoms with van der Waals surface area (Å²) in [5, 5.41) is 0. The van der Waals surface area contributed by atoms with Crippen molar-refractivity contribution in [2.24, 2.45) is 0 Å². The number of nitrogens with two attached hydrogens (primary N) is 1. The van der Waals surface area contributed by atoms with E-state index in [1.165, 1.54) is 11.1 Å². The van der Waals surface area contributed by atoms with Crippen molar-refractivity contribution in [1.29, 1.82) is 0 Å². The summed E-state index contributed by atoms with van der Waals surface area (Å²) in [5.74, 6) is 0.917. The van der Waals surface area contributed by atoms with Crippen LogP contribution in [0.5, 0.6) is 5.75 Å². The molecule has 0 amide bonds. The van der Waals surface area contributed by atoms with Gasteiger partial charge in [-0.05, 0) is 61.4 Å². The van der Waals surface area contributed by atoms with Crippen molar-refractivity contribution in [3.63, 3.8) is 0 Å². The van der Waals surface area contributed by atoms with E-state index >= 15 is 0 Å². The summed E-state index contributed by atoms with van der Waals surface area (Å²) in [6.07, 6.45) is 0. The average molecular weight is 259 g/mol. The molecule has 0 aromatic heterocycles. The van der Waals surface area contributed by atoms with Gasteiger partial charge in [-0.25, -0.2) is 0 Å². The van der Waals surface area contributed by atoms with Crippen LogP contribution in [0.1, 0.15) is 11.1 Å². The van der Waals surface area contributed by atoms with E-state index in [1.54, 1.807) is 18.9 Å². The van der Waals surface area contributed by atoms with E-state index in [-0.39, 0.29) is 0 Å². The van der Waals surface area contributed by atoms with Crippen molar-refractivity contribution >= 4 is 17.4 Å². The monoisotopic (exact) mass is 259 g/mol. The van der Waals surface area contributed by atoms with Crippen LogP contribution >= 0.6 is 11.8 Å². The van der Waals surface area contributed by atoms with Gasteiger partial charge in [-0.15, -0.1) is 0 Å². The van der Waals surface area contributed by atoms with Crippen molar-refractivity contribution < 1.29 is 4.74 Å². The predicted octanol–water partition coefficient (Wildman–Crippen LogP) is 4.05. The van der Waals surface area contributed by atoms with Gasteiger partial charge in [-0.3, -0.25) is 0 Å². The van der Waals surface area contributed by atoms with Crippen molar-refractivity contribution in [3.8, 4) is 5.75 Å². The lowest BCUT2D eigenvalue weighted by Gasteiger charge is -2.11. The molecule has 0 radical (unpaired) electrons. The van der Waals surface area contributed by atoms with Crippen LogP contribution in [0.2, 0.25) is 0 Å². The Morgan fingerprint density at radius 2 is 1.61 bits per heavy atom. The van der Waals surface area contributed by atoms with Gasteiger partial charge in [0.2, 0.25) is 0 Å². The lowest BCUT2D eigenvalue weighted by atomic mass is 10.1. The van der Waals surface area contributed by atoms with Crippen LogP contribution in [0.25, 0.3) is 0 Å². The molecule has 0 fully saturated rings. The molecule has 0 saturated heterocycles. The van der Waals surface area contributed by atoms with Crippen molar-refractivity contribution in [3.05, 3.63) is 47.5 Å². The zero-order valence-corrected chi connectivity index (χ0v) is 11.7. The minimum Gasteiger partial charge on any atom is -0.496 e. The molecule has 0 atom stereocenters. The Kier molecular flexibility index (Phi) is 3.82. The zero-order chi connectivity index (χ0) is 13.1. The maximum absolute atomic E-state index is 5.69. The number of aryl methyl sites for hydroxylation is 2. The number of benzene rings is 2. The number of nitrogen functional groups attached to an aromatic ring is 1. The second kappa shape index (κ2) is 5.36. The normalized spacial score (nSPS) is 10.4. The third kappa shape index (κ3) is 2.79. The number of anilines is 1. The molecule has 94 valence electrons. The number of rotatable bonds is 3. The molecule has 3 heteroatoms. The van der Waals surface area contributed by atoms with E-state index < -0.39 is 0 Å². The summed E-state index contributed by atoms with van der Waals surface area (Å²) in [6.45, 7) is 4.21. The molecular weight excluding hydrogens is 242 g/mol. The van der Waals surface area contributed by atoms with Crippen molar-refractivity contribution in [2.75, 3.05) is 12.8 Å². The molecule has 0 bridgehead atoms. The number of hydrogen-bond donors (Lipinski definition) is 1. The fourth-order valence-corrected chi connectivity index (χ4v) is 2.67. The van der Waals surface area contributed by atoms with Gasteiger partial charge < -0.3 is 10.5 Å². The second-order valence-corrected chi connectivity index (χ2v) is 5.37. The first kappa shape index (κ1) is 12.8. The SMILES string of the molecule is COc1cc(C)c(C)cc1Sc1ccc(N)cc1. The first-order valence-electron chi connectivity index (χ1n) is 5.79. The molecule has 0 saturated carbocycles. The van der Waals surface area contributed by atoms with E-state index in [0.29, 0.717) is 0 Å².